The fraction of sp³-hybridized carbons (Fsp3) is 0.545. The van der Waals surface area contributed by atoms with Crippen molar-refractivity contribution in [1.82, 2.24) is 15.0 Å². The third kappa shape index (κ3) is 11.6. The van der Waals surface area contributed by atoms with Gasteiger partial charge in [-0.25, -0.2) is 0 Å². The van der Waals surface area contributed by atoms with Crippen LogP contribution in [-0.2, 0) is 25.5 Å². The maximum Gasteiger partial charge on any atom is 2.00 e. The third-order valence-electron chi connectivity index (χ3n) is 14.2. The Bertz CT molecular complexity index is 2560. The number of esters is 2. The molecule has 0 saturated heterocycles. The Labute approximate surface area is 404 Å². The molecule has 1 aliphatic carbocycles. The molecule has 2 aliphatic heterocycles. The summed E-state index contributed by atoms with van der Waals surface area (Å²) in [6.07, 6.45) is 22.3. The second kappa shape index (κ2) is 22.9. The summed E-state index contributed by atoms with van der Waals surface area (Å²) >= 11 is 0. The molecule has 3 aliphatic rings. The molecule has 0 aromatic carbocycles. The summed E-state index contributed by atoms with van der Waals surface area (Å²) in [6.45, 7) is 26.0. The summed E-state index contributed by atoms with van der Waals surface area (Å²) in [5.41, 5.74) is 9.78. The van der Waals surface area contributed by atoms with Crippen LogP contribution in [0.1, 0.15) is 169 Å². The van der Waals surface area contributed by atoms with Crippen LogP contribution in [0.25, 0.3) is 35.2 Å². The van der Waals surface area contributed by atoms with Crippen LogP contribution in [0.15, 0.2) is 29.5 Å². The van der Waals surface area contributed by atoms with Crippen molar-refractivity contribution < 1.29 is 23.9 Å². The normalized spacial score (nSPS) is 20.3. The van der Waals surface area contributed by atoms with E-state index in [1.165, 1.54) is 57.6 Å². The van der Waals surface area contributed by atoms with Gasteiger partial charge in [-0.3, -0.25) is 14.4 Å². The van der Waals surface area contributed by atoms with Gasteiger partial charge in [0, 0.05) is 12.0 Å². The van der Waals surface area contributed by atoms with Crippen molar-refractivity contribution >= 4 is 70.7 Å². The monoisotopic (exact) mass is 893 g/mol. The topological polar surface area (TPSA) is 126 Å². The zero-order valence-electron chi connectivity index (χ0n) is 41.3. The average molecular weight is 894 g/mol. The maximum absolute atomic E-state index is 14.4. The van der Waals surface area contributed by atoms with Crippen molar-refractivity contribution in [2.45, 2.75) is 152 Å². The summed E-state index contributed by atoms with van der Waals surface area (Å²) in [5, 5.41) is 7.89. The van der Waals surface area contributed by atoms with E-state index in [0.29, 0.717) is 45.4 Å². The number of hydrogen-bond acceptors (Lipinski definition) is 5. The van der Waals surface area contributed by atoms with Crippen LogP contribution in [0, 0.1) is 50.4 Å². The molecule has 346 valence electrons. The second-order valence-corrected chi connectivity index (χ2v) is 19.4. The van der Waals surface area contributed by atoms with Crippen LogP contribution in [-0.4, -0.2) is 60.5 Å². The van der Waals surface area contributed by atoms with E-state index < -0.39 is 17.9 Å². The molecule has 6 rings (SSSR count). The molecule has 8 bridgehead atoms. The van der Waals surface area contributed by atoms with E-state index in [-0.39, 0.29) is 53.8 Å². The fourth-order valence-corrected chi connectivity index (χ4v) is 10.0. The number of hydrogen-bond donors (Lipinski definition) is 0. The van der Waals surface area contributed by atoms with E-state index in [4.69, 9.17) is 29.7 Å². The van der Waals surface area contributed by atoms with Crippen LogP contribution in [0.2, 0.25) is 0 Å². The van der Waals surface area contributed by atoms with Crippen molar-refractivity contribution in [3.05, 3.63) is 101 Å². The first-order valence-corrected chi connectivity index (χ1v) is 24.0. The minimum absolute atomic E-state index is 0. The smallest absolute Gasteiger partial charge is 0.678 e. The predicted octanol–water partition coefficient (Wildman–Crippen LogP) is 8.25. The predicted molar refractivity (Wildman–Crippen MR) is 264 cm³/mol. The molecular formula is C55H72MgN4O5-2. The Kier molecular flexibility index (Phi) is 18.3. The maximum atomic E-state index is 14.4. The molecule has 5 heterocycles. The minimum Gasteiger partial charge on any atom is -0.678 e. The standard InChI is InChI=1S/C55H73N4O5.Mg/c1-13-39-35(8)42-28-44-37(10)41(24-25-48(60)64-27-26-34(7)23-17-22-33(6)21-16-20-32(5)19-15-18-31(3)4)52(58-44)50-51(55(62)63-12)54(61)49-38(11)45(59-53(49)50)30-47-40(14-2)36(9)43(57-47)29-46(39)56-42;/h13,26,28-33,37,44,51H,1,14-25,27H2,2-12H3,(H-,56,57,61);/q-3;+2/p-1/b34-26-,42-28-;/t32-,33-,37+,44?,51-;/m1./s1. The molecule has 3 aromatic heterocycles. The van der Waals surface area contributed by atoms with Crippen molar-refractivity contribution in [2.24, 2.45) is 29.6 Å². The van der Waals surface area contributed by atoms with Gasteiger partial charge in [0.1, 0.15) is 12.5 Å². The van der Waals surface area contributed by atoms with E-state index >= 15 is 0 Å². The summed E-state index contributed by atoms with van der Waals surface area (Å²) in [5.74, 6) is -0.420. The van der Waals surface area contributed by atoms with E-state index in [1.807, 2.05) is 38.2 Å². The quantitative estimate of drug-likeness (QED) is 0.0481. The molecule has 5 atom stereocenters. The Balaban J connectivity index is 0.00000793. The first-order chi connectivity index (χ1) is 30.6. The number of fused-ring (bicyclic) bond motifs is 8. The van der Waals surface area contributed by atoms with Crippen LogP contribution < -0.4 is 36.3 Å². The first-order valence-electron chi connectivity index (χ1n) is 24.0. The largest absolute Gasteiger partial charge is 2.00 e. The van der Waals surface area contributed by atoms with Crippen LogP contribution >= 0.6 is 0 Å². The van der Waals surface area contributed by atoms with Gasteiger partial charge in [-0.2, -0.15) is 0 Å². The van der Waals surface area contributed by atoms with Gasteiger partial charge >= 0.3 is 35.0 Å². The molecule has 0 fully saturated rings. The Hall–Kier alpha value is -4.28. The number of methoxy groups -OCH3 is 1. The van der Waals surface area contributed by atoms with E-state index in [0.717, 1.165) is 81.0 Å². The van der Waals surface area contributed by atoms with Crippen molar-refractivity contribution in [3.63, 3.8) is 0 Å². The fourth-order valence-electron chi connectivity index (χ4n) is 10.0. The molecule has 1 unspecified atom stereocenters. The number of aromatic nitrogens is 3. The molecule has 0 spiro atoms. The number of Topliss-reactive ketones (excluding diaryl/α,β-unsaturated/α-hetero) is 1. The van der Waals surface area contributed by atoms with Crippen molar-refractivity contribution in [2.75, 3.05) is 13.7 Å². The number of ether oxygens (including phenoxy) is 2. The first kappa shape index (κ1) is 51.7. The molecule has 0 saturated carbocycles. The van der Waals surface area contributed by atoms with Crippen LogP contribution in [0.4, 0.5) is 0 Å². The number of rotatable bonds is 20. The van der Waals surface area contributed by atoms with Crippen LogP contribution in [0.5, 0.6) is 0 Å². The number of nitrogens with zero attached hydrogens (tertiary/aromatic N) is 4. The number of allylic oxidation sites excluding steroid dienone is 2. The summed E-state index contributed by atoms with van der Waals surface area (Å²) in [7, 11) is 1.29. The number of carbonyl (C=O) groups is 3. The number of carbonyl (C=O) groups excluding carboxylic acids is 3. The summed E-state index contributed by atoms with van der Waals surface area (Å²) in [6, 6.07) is -0.395. The SMILES string of the molecule is C=Cc1c(C)/c2[n-]/c1=C\c1[n-]c(c(CC)c1C)/C=c1\[n-]c3c(c1C)C(=O)[C@H](C(=O)OC)C=3C1=C(CCC(=O)OC/C=C(/C)CCC[C@H](C)CCC[C@H](C)CCCC(C)C)[C@H](C)C(\C=2)[N-]1.[Mg+2]. The Morgan fingerprint density at radius 3 is 2.15 bits per heavy atom. The molecule has 65 heavy (non-hydrogen) atoms. The molecule has 0 N–H and O–H groups in total. The summed E-state index contributed by atoms with van der Waals surface area (Å²) < 4.78 is 11.0. The van der Waals surface area contributed by atoms with Crippen molar-refractivity contribution in [3.8, 4) is 0 Å². The Morgan fingerprint density at radius 2 is 1.51 bits per heavy atom. The van der Waals surface area contributed by atoms with Gasteiger partial charge in [0.25, 0.3) is 0 Å². The van der Waals surface area contributed by atoms with Gasteiger partial charge in [0.05, 0.1) is 7.11 Å². The van der Waals surface area contributed by atoms with E-state index in [2.05, 4.69) is 68.0 Å². The van der Waals surface area contributed by atoms with E-state index in [9.17, 15) is 14.4 Å². The molecule has 10 heteroatoms. The van der Waals surface area contributed by atoms with Gasteiger partial charge in [-0.15, -0.1) is 44.6 Å². The molecule has 0 amide bonds. The zero-order chi connectivity index (χ0) is 46.4. The Morgan fingerprint density at radius 1 is 0.846 bits per heavy atom. The molecule has 3 aromatic rings. The minimum atomic E-state index is -1.23. The van der Waals surface area contributed by atoms with Crippen molar-refractivity contribution in [1.29, 1.82) is 0 Å². The average Bonchev–Trinajstić information content (AvgIpc) is 3.99. The van der Waals surface area contributed by atoms with Crippen LogP contribution in [0.3, 0.4) is 0 Å². The van der Waals surface area contributed by atoms with Gasteiger partial charge in [0.15, 0.2) is 5.78 Å². The summed E-state index contributed by atoms with van der Waals surface area (Å²) in [4.78, 5) is 56.6. The van der Waals surface area contributed by atoms with Gasteiger partial charge in [-0.05, 0) is 88.7 Å². The van der Waals surface area contributed by atoms with Gasteiger partial charge in [-0.1, -0.05) is 156 Å². The van der Waals surface area contributed by atoms with Gasteiger partial charge < -0.3 is 29.7 Å². The van der Waals surface area contributed by atoms with Gasteiger partial charge in [0.2, 0.25) is 0 Å². The molecular weight excluding hydrogens is 821 g/mol. The molecule has 9 nitrogen and oxygen atoms in total. The molecule has 0 radical (unpaired) electrons. The second-order valence-electron chi connectivity index (χ2n) is 19.4. The zero-order valence-corrected chi connectivity index (χ0v) is 42.7. The third-order valence-corrected chi connectivity index (χ3v) is 14.2. The van der Waals surface area contributed by atoms with E-state index in [1.54, 1.807) is 0 Å². The number of ketones is 1.